The molecule has 0 unspecified atom stereocenters. The molecule has 1 saturated carbocycles. The number of ether oxygens (including phenoxy) is 5. The number of aliphatic hydroxyl groups excluding tert-OH is 1. The van der Waals surface area contributed by atoms with Gasteiger partial charge in [0, 0.05) is 63.4 Å². The molecule has 0 aromatic heterocycles. The normalized spacial score (nSPS) is 39.6. The number of methoxy groups -OCH3 is 3. The molecule has 15 atom stereocenters. The van der Waals surface area contributed by atoms with Crippen LogP contribution in [0.4, 0.5) is 0 Å². The topological polar surface area (TPSA) is 239 Å². The van der Waals surface area contributed by atoms with Gasteiger partial charge in [0.05, 0.1) is 30.1 Å². The van der Waals surface area contributed by atoms with Crippen molar-refractivity contribution in [2.75, 3.05) is 27.9 Å². The molecular formula is C51H79N5O12. The molecule has 0 aromatic carbocycles. The highest BCUT2D eigenvalue weighted by Gasteiger charge is 2.53. The molecular weight excluding hydrogens is 875 g/mol. The van der Waals surface area contributed by atoms with Gasteiger partial charge in [0.1, 0.15) is 24.4 Å². The molecule has 4 aliphatic rings. The summed E-state index contributed by atoms with van der Waals surface area (Å²) in [4.78, 5) is 61.1. The fraction of sp³-hybridized carbons (Fsp3) is 0.745. The maximum atomic E-state index is 14.5. The van der Waals surface area contributed by atoms with E-state index in [4.69, 9.17) is 29.2 Å². The second-order valence-electron chi connectivity index (χ2n) is 19.9. The molecule has 2 saturated heterocycles. The van der Waals surface area contributed by atoms with Gasteiger partial charge in [-0.05, 0) is 112 Å². The van der Waals surface area contributed by atoms with Crippen molar-refractivity contribution in [3.63, 3.8) is 0 Å². The smallest absolute Gasteiger partial charge is 0.329 e. The molecule has 68 heavy (non-hydrogen) atoms. The number of allylic oxidation sites excluding steroid dienone is 6. The minimum absolute atomic E-state index is 0.0135. The zero-order valence-electron chi connectivity index (χ0n) is 42.0. The predicted octanol–water partition coefficient (Wildman–Crippen LogP) is 7.76. The lowest BCUT2D eigenvalue weighted by Gasteiger charge is -2.42. The average molecular weight is 954 g/mol. The molecule has 1 aliphatic carbocycles. The number of rotatable bonds is 7. The first-order valence-electron chi connectivity index (χ1n) is 24.5. The molecule has 0 aromatic rings. The number of Topliss-reactive ketones (excluding diaryl/α,β-unsaturated/α-hetero) is 2. The first kappa shape index (κ1) is 56.4. The standard InChI is InChI=1S/C51H79N5O12/c1-30-16-12-11-13-17-31(2)42(64-8)28-38-21-19-36(7)51(62,68-38)48(59)49(60)56-23-15-14-18-41(56)50(61)67-43(33(4)26-37-20-22-39(53-55-52)44(27-37)65-9)29-40(54-63)32(3)25-35(6)46(58)47(66-10)45(57)34(5)24-30/h11-13,16-17,25,30,32-34,36-39,41-44,46-47,58,62-63H,14-15,18-24,26-29H2,1-10H3/b13-11+,16-12+,31-17+,35-25+,54-40-/t30-,32-,33-,34-,36-,37+,38+,39+,41+,42+,43+,44-,46-,47+,51-/m1/s1. The van der Waals surface area contributed by atoms with E-state index in [1.54, 1.807) is 41.1 Å². The molecule has 17 nitrogen and oxygen atoms in total. The van der Waals surface area contributed by atoms with Crippen LogP contribution in [0.15, 0.2) is 57.9 Å². The van der Waals surface area contributed by atoms with E-state index in [0.717, 1.165) is 12.0 Å². The monoisotopic (exact) mass is 954 g/mol. The molecule has 0 spiro atoms. The third-order valence-electron chi connectivity index (χ3n) is 14.8. The van der Waals surface area contributed by atoms with Crippen molar-refractivity contribution in [2.45, 2.75) is 180 Å². The van der Waals surface area contributed by atoms with Gasteiger partial charge in [0.25, 0.3) is 11.7 Å². The maximum absolute atomic E-state index is 14.5. The number of cyclic esters (lactones) is 1. The Morgan fingerprint density at radius 3 is 2.32 bits per heavy atom. The van der Waals surface area contributed by atoms with Crippen LogP contribution in [0, 0.1) is 35.5 Å². The third-order valence-corrected chi connectivity index (χ3v) is 14.8. The van der Waals surface area contributed by atoms with Crippen molar-refractivity contribution in [3.05, 3.63) is 58.0 Å². The Hall–Kier alpha value is -4.22. The number of esters is 1. The summed E-state index contributed by atoms with van der Waals surface area (Å²) in [6, 6.07) is -1.45. The Morgan fingerprint density at radius 1 is 0.926 bits per heavy atom. The SMILES string of the molecule is CO[C@H]1C[C@@H]2CC[C@@H](C)[C@@](O)(O2)C(=O)C(=O)N2CCCC[C@H]2C(=O)O[C@H]([C@H](C)C[C@@H]2CC[C@H](N=[N+]=[N-])[C@H](OC)C2)C/C(=N/O)[C@H](C)/C=C(\C)[C@@H](O)[C@@H](OC)C(=O)[C@H](C)C[C@H](C)/C=C/C=C/C=C/1C. The van der Waals surface area contributed by atoms with Crippen LogP contribution in [0.2, 0.25) is 0 Å². The number of nitrogens with zero attached hydrogens (tertiary/aromatic N) is 5. The van der Waals surface area contributed by atoms with Crippen molar-refractivity contribution >= 4 is 29.2 Å². The van der Waals surface area contributed by atoms with Crippen molar-refractivity contribution in [1.29, 1.82) is 0 Å². The number of ketones is 2. The summed E-state index contributed by atoms with van der Waals surface area (Å²) in [5.74, 6) is -7.58. The van der Waals surface area contributed by atoms with E-state index < -0.39 is 77.8 Å². The largest absolute Gasteiger partial charge is 0.460 e. The molecule has 17 heteroatoms. The number of amides is 1. The summed E-state index contributed by atoms with van der Waals surface area (Å²) in [5.41, 5.74) is 10.7. The Morgan fingerprint density at radius 2 is 1.66 bits per heavy atom. The van der Waals surface area contributed by atoms with E-state index in [1.807, 2.05) is 58.1 Å². The van der Waals surface area contributed by atoms with Gasteiger partial charge in [-0.15, -0.1) is 0 Å². The van der Waals surface area contributed by atoms with Gasteiger partial charge >= 0.3 is 5.97 Å². The van der Waals surface area contributed by atoms with Gasteiger partial charge in [-0.25, -0.2) is 4.79 Å². The Balaban J connectivity index is 1.73. The molecule has 3 N–H and O–H groups in total. The molecule has 1 amide bonds. The van der Waals surface area contributed by atoms with Crippen LogP contribution in [0.25, 0.3) is 10.4 Å². The molecule has 3 heterocycles. The summed E-state index contributed by atoms with van der Waals surface area (Å²) in [7, 11) is 4.54. The van der Waals surface area contributed by atoms with Crippen molar-refractivity contribution in [2.24, 2.45) is 45.8 Å². The van der Waals surface area contributed by atoms with Gasteiger partial charge in [-0.3, -0.25) is 14.4 Å². The van der Waals surface area contributed by atoms with Crippen LogP contribution < -0.4 is 0 Å². The van der Waals surface area contributed by atoms with Gasteiger partial charge in [-0.1, -0.05) is 81.3 Å². The highest BCUT2D eigenvalue weighted by molar-refractivity contribution is 6.39. The highest BCUT2D eigenvalue weighted by Crippen LogP contribution is 2.38. The zero-order valence-corrected chi connectivity index (χ0v) is 42.0. The zero-order chi connectivity index (χ0) is 50.3. The summed E-state index contributed by atoms with van der Waals surface area (Å²) >= 11 is 0. The number of piperidine rings is 1. The van der Waals surface area contributed by atoms with E-state index in [-0.39, 0.29) is 60.8 Å². The summed E-state index contributed by atoms with van der Waals surface area (Å²) in [5, 5.41) is 41.6. The first-order valence-corrected chi connectivity index (χ1v) is 24.5. The summed E-state index contributed by atoms with van der Waals surface area (Å²) in [6.07, 6.45) is 12.1. The van der Waals surface area contributed by atoms with E-state index >= 15 is 0 Å². The van der Waals surface area contributed by atoms with Crippen LogP contribution in [0.3, 0.4) is 0 Å². The lowest BCUT2D eigenvalue weighted by molar-refractivity contribution is -0.265. The number of fused-ring (bicyclic) bond motifs is 3. The number of oxime groups is 1. The van der Waals surface area contributed by atoms with E-state index in [9.17, 15) is 34.6 Å². The van der Waals surface area contributed by atoms with Crippen molar-refractivity contribution < 1.29 is 58.3 Å². The lowest BCUT2D eigenvalue weighted by Crippen LogP contribution is -2.61. The number of carbonyl (C=O) groups excluding carboxylic acids is 4. The molecule has 2 bridgehead atoms. The van der Waals surface area contributed by atoms with Crippen molar-refractivity contribution in [3.8, 4) is 0 Å². The molecule has 4 rings (SSSR count). The van der Waals surface area contributed by atoms with E-state index in [1.165, 1.54) is 12.0 Å². The number of aliphatic hydroxyl groups is 2. The highest BCUT2D eigenvalue weighted by atomic mass is 16.6. The fourth-order valence-corrected chi connectivity index (χ4v) is 10.5. The van der Waals surface area contributed by atoms with Crippen LogP contribution in [-0.2, 0) is 42.9 Å². The quantitative estimate of drug-likeness (QED) is 0.0324. The van der Waals surface area contributed by atoms with E-state index in [0.29, 0.717) is 63.4 Å². The molecule has 0 radical (unpaired) electrons. The average Bonchev–Trinajstić information content (AvgIpc) is 3.32. The molecule has 380 valence electrons. The molecule has 3 fully saturated rings. The Kier molecular flexibility index (Phi) is 22.1. The maximum Gasteiger partial charge on any atom is 0.329 e. The van der Waals surface area contributed by atoms with Crippen LogP contribution in [0.1, 0.15) is 126 Å². The van der Waals surface area contributed by atoms with Crippen LogP contribution in [-0.4, -0.2) is 132 Å². The number of azide groups is 1. The number of hydrogen-bond donors (Lipinski definition) is 3. The van der Waals surface area contributed by atoms with Crippen molar-refractivity contribution in [1.82, 2.24) is 4.90 Å². The van der Waals surface area contributed by atoms with Crippen LogP contribution >= 0.6 is 0 Å². The van der Waals surface area contributed by atoms with Gasteiger partial charge in [0.15, 0.2) is 5.78 Å². The van der Waals surface area contributed by atoms with Gasteiger partial charge in [-0.2, -0.15) is 0 Å². The second kappa shape index (κ2) is 26.7. The summed E-state index contributed by atoms with van der Waals surface area (Å²) < 4.78 is 29.7. The van der Waals surface area contributed by atoms with E-state index in [2.05, 4.69) is 15.2 Å². The molecule has 3 aliphatic heterocycles. The minimum atomic E-state index is -2.44. The second-order valence-corrected chi connectivity index (χ2v) is 19.9. The Labute approximate surface area is 403 Å². The van der Waals surface area contributed by atoms with Gasteiger partial charge < -0.3 is 44.0 Å². The first-order chi connectivity index (χ1) is 32.3. The van der Waals surface area contributed by atoms with Gasteiger partial charge in [0.2, 0.25) is 5.79 Å². The Bertz CT molecular complexity index is 1930. The predicted molar refractivity (Wildman–Crippen MR) is 256 cm³/mol. The minimum Gasteiger partial charge on any atom is -0.460 e. The fourth-order valence-electron chi connectivity index (χ4n) is 10.5. The lowest BCUT2D eigenvalue weighted by atomic mass is 9.77. The number of hydrogen-bond acceptors (Lipinski definition) is 14. The summed E-state index contributed by atoms with van der Waals surface area (Å²) in [6.45, 7) is 12.9. The third kappa shape index (κ3) is 14.7. The number of carbonyl (C=O) groups is 4. The van der Waals surface area contributed by atoms with Crippen LogP contribution in [0.5, 0.6) is 0 Å².